The predicted molar refractivity (Wildman–Crippen MR) is 81.6 cm³/mol. The molecule has 5 nitrogen and oxygen atoms in total. The Hall–Kier alpha value is -1.27. The summed E-state index contributed by atoms with van der Waals surface area (Å²) in [5.41, 5.74) is 0.476. The largest absolute Gasteiger partial charge is 0.497 e. The van der Waals surface area contributed by atoms with Crippen molar-refractivity contribution in [2.24, 2.45) is 0 Å². The highest BCUT2D eigenvalue weighted by Gasteiger charge is 2.19. The molecule has 0 aliphatic rings. The van der Waals surface area contributed by atoms with Gasteiger partial charge in [-0.1, -0.05) is 15.9 Å². The van der Waals surface area contributed by atoms with Gasteiger partial charge in [0.25, 0.3) is 0 Å². The number of methoxy groups -OCH3 is 1. The molecule has 0 bridgehead atoms. The molecule has 2 N–H and O–H groups in total. The topological polar surface area (TPSA) is 67.8 Å². The molecule has 0 saturated heterocycles. The number of carbonyl (C=O) groups is 1. The van der Waals surface area contributed by atoms with E-state index in [1.54, 1.807) is 46.1 Å². The normalized spacial score (nSPS) is 12.7. The lowest BCUT2D eigenvalue weighted by atomic mass is 10.1. The maximum Gasteiger partial charge on any atom is 0.412 e. The number of amides is 1. The summed E-state index contributed by atoms with van der Waals surface area (Å²) in [7, 11) is 1.54. The number of aliphatic hydroxyl groups is 1. The van der Waals surface area contributed by atoms with Crippen molar-refractivity contribution in [3.05, 3.63) is 23.8 Å². The minimum Gasteiger partial charge on any atom is -0.497 e. The molecule has 0 aliphatic heterocycles. The van der Waals surface area contributed by atoms with Crippen molar-refractivity contribution in [2.75, 3.05) is 17.8 Å². The van der Waals surface area contributed by atoms with Gasteiger partial charge < -0.3 is 14.6 Å². The first-order chi connectivity index (χ1) is 9.26. The molecule has 1 rings (SSSR count). The molecular formula is C14H20BrNO4. The number of carbonyl (C=O) groups excluding carboxylic acids is 1. The third-order valence-corrected chi connectivity index (χ3v) is 3.01. The van der Waals surface area contributed by atoms with Gasteiger partial charge in [-0.2, -0.15) is 0 Å². The number of rotatable bonds is 4. The predicted octanol–water partition coefficient (Wildman–Crippen LogP) is 3.47. The number of hydrogen-bond acceptors (Lipinski definition) is 4. The van der Waals surface area contributed by atoms with E-state index >= 15 is 0 Å². The molecule has 1 amide bonds. The van der Waals surface area contributed by atoms with E-state index in [9.17, 15) is 9.90 Å². The number of anilines is 1. The number of benzene rings is 1. The molecule has 20 heavy (non-hydrogen) atoms. The lowest BCUT2D eigenvalue weighted by molar-refractivity contribution is 0.0635. The molecule has 1 unspecified atom stereocenters. The van der Waals surface area contributed by atoms with Crippen LogP contribution in [0.5, 0.6) is 5.75 Å². The standard InChI is InChI=1S/C14H20BrNO4/c1-14(2,3)20-13(18)16-11-6-5-9(19-4)7-10(11)12(17)8-15/h5-7,12,17H,8H2,1-4H3,(H,16,18). The summed E-state index contributed by atoms with van der Waals surface area (Å²) in [6.45, 7) is 5.36. The average Bonchev–Trinajstić information content (AvgIpc) is 2.36. The molecule has 1 aromatic carbocycles. The summed E-state index contributed by atoms with van der Waals surface area (Å²) < 4.78 is 10.3. The molecule has 0 saturated carbocycles. The van der Waals surface area contributed by atoms with Crippen LogP contribution in [0.15, 0.2) is 18.2 Å². The van der Waals surface area contributed by atoms with Crippen LogP contribution in [0.25, 0.3) is 0 Å². The summed E-state index contributed by atoms with van der Waals surface area (Å²) in [4.78, 5) is 11.8. The Morgan fingerprint density at radius 2 is 2.10 bits per heavy atom. The molecule has 1 aromatic rings. The van der Waals surface area contributed by atoms with Gasteiger partial charge in [0, 0.05) is 10.9 Å². The smallest absolute Gasteiger partial charge is 0.412 e. The number of ether oxygens (including phenoxy) is 2. The minimum atomic E-state index is -0.755. The summed E-state index contributed by atoms with van der Waals surface area (Å²) in [6, 6.07) is 5.06. The lowest BCUT2D eigenvalue weighted by Crippen LogP contribution is -2.27. The van der Waals surface area contributed by atoms with Crippen molar-refractivity contribution in [1.82, 2.24) is 0 Å². The Labute approximate surface area is 127 Å². The van der Waals surface area contributed by atoms with Gasteiger partial charge in [0.1, 0.15) is 11.4 Å². The van der Waals surface area contributed by atoms with Crippen LogP contribution < -0.4 is 10.1 Å². The molecule has 1 atom stereocenters. The van der Waals surface area contributed by atoms with Crippen LogP contribution in [0.4, 0.5) is 10.5 Å². The van der Waals surface area contributed by atoms with Crippen LogP contribution in [-0.2, 0) is 4.74 Å². The summed E-state index contributed by atoms with van der Waals surface area (Å²) in [5.74, 6) is 0.606. The maximum absolute atomic E-state index is 11.8. The second-order valence-corrected chi connectivity index (χ2v) is 5.90. The molecule has 0 heterocycles. The quantitative estimate of drug-likeness (QED) is 0.820. The second-order valence-electron chi connectivity index (χ2n) is 5.25. The van der Waals surface area contributed by atoms with Gasteiger partial charge in [0.15, 0.2) is 0 Å². The number of nitrogens with one attached hydrogen (secondary N) is 1. The molecule has 112 valence electrons. The van der Waals surface area contributed by atoms with Crippen molar-refractivity contribution >= 4 is 27.7 Å². The zero-order valence-electron chi connectivity index (χ0n) is 12.1. The highest BCUT2D eigenvalue weighted by atomic mass is 79.9. The fourth-order valence-electron chi connectivity index (χ4n) is 1.55. The van der Waals surface area contributed by atoms with Gasteiger partial charge >= 0.3 is 6.09 Å². The van der Waals surface area contributed by atoms with Crippen LogP contribution in [0, 0.1) is 0 Å². The molecule has 0 aromatic heterocycles. The Balaban J connectivity index is 2.96. The van der Waals surface area contributed by atoms with Crippen molar-refractivity contribution in [3.63, 3.8) is 0 Å². The van der Waals surface area contributed by atoms with Gasteiger partial charge in [-0.15, -0.1) is 0 Å². The first kappa shape index (κ1) is 16.8. The number of halogens is 1. The molecular weight excluding hydrogens is 326 g/mol. The van der Waals surface area contributed by atoms with Gasteiger partial charge in [0.2, 0.25) is 0 Å². The first-order valence-electron chi connectivity index (χ1n) is 6.19. The SMILES string of the molecule is COc1ccc(NC(=O)OC(C)(C)C)c(C(O)CBr)c1. The third kappa shape index (κ3) is 5.02. The zero-order valence-corrected chi connectivity index (χ0v) is 13.7. The van der Waals surface area contributed by atoms with Gasteiger partial charge in [-0.3, -0.25) is 5.32 Å². The molecule has 0 aliphatic carbocycles. The Bertz CT molecular complexity index is 471. The van der Waals surface area contributed by atoms with E-state index in [2.05, 4.69) is 21.2 Å². The second kappa shape index (κ2) is 6.95. The lowest BCUT2D eigenvalue weighted by Gasteiger charge is -2.21. The summed E-state index contributed by atoms with van der Waals surface area (Å²) in [5, 5.41) is 13.0. The van der Waals surface area contributed by atoms with Crippen LogP contribution in [-0.4, -0.2) is 29.2 Å². The fourth-order valence-corrected chi connectivity index (χ4v) is 1.90. The molecule has 0 spiro atoms. The van der Waals surface area contributed by atoms with Crippen molar-refractivity contribution in [3.8, 4) is 5.75 Å². The first-order valence-corrected chi connectivity index (χ1v) is 7.31. The van der Waals surface area contributed by atoms with E-state index in [0.717, 1.165) is 0 Å². The van der Waals surface area contributed by atoms with Crippen molar-refractivity contribution < 1.29 is 19.4 Å². The monoisotopic (exact) mass is 345 g/mol. The highest BCUT2D eigenvalue weighted by molar-refractivity contribution is 9.09. The number of hydrogen-bond donors (Lipinski definition) is 2. The van der Waals surface area contributed by atoms with Crippen molar-refractivity contribution in [1.29, 1.82) is 0 Å². The van der Waals surface area contributed by atoms with Crippen molar-refractivity contribution in [2.45, 2.75) is 32.5 Å². The molecule has 0 radical (unpaired) electrons. The van der Waals surface area contributed by atoms with E-state index in [1.165, 1.54) is 0 Å². The van der Waals surface area contributed by atoms with E-state index in [-0.39, 0.29) is 0 Å². The highest BCUT2D eigenvalue weighted by Crippen LogP contribution is 2.29. The van der Waals surface area contributed by atoms with Crippen LogP contribution in [0.3, 0.4) is 0 Å². The third-order valence-electron chi connectivity index (χ3n) is 2.40. The van der Waals surface area contributed by atoms with Gasteiger partial charge in [0.05, 0.1) is 18.9 Å². The summed E-state index contributed by atoms with van der Waals surface area (Å²) in [6.07, 6.45) is -1.32. The van der Waals surface area contributed by atoms with E-state index in [4.69, 9.17) is 9.47 Å². The maximum atomic E-state index is 11.8. The Morgan fingerprint density at radius 3 is 2.60 bits per heavy atom. The molecule has 6 heteroatoms. The van der Waals surface area contributed by atoms with Crippen LogP contribution >= 0.6 is 15.9 Å². The zero-order chi connectivity index (χ0) is 15.3. The molecule has 0 fully saturated rings. The van der Waals surface area contributed by atoms with Crippen LogP contribution in [0.1, 0.15) is 32.4 Å². The summed E-state index contributed by atoms with van der Waals surface area (Å²) >= 11 is 3.21. The average molecular weight is 346 g/mol. The Morgan fingerprint density at radius 1 is 1.45 bits per heavy atom. The van der Waals surface area contributed by atoms with E-state index < -0.39 is 17.8 Å². The van der Waals surface area contributed by atoms with Crippen LogP contribution in [0.2, 0.25) is 0 Å². The Kier molecular flexibility index (Phi) is 5.83. The van der Waals surface area contributed by atoms with E-state index in [0.29, 0.717) is 22.3 Å². The number of aliphatic hydroxyl groups excluding tert-OH is 1. The minimum absolute atomic E-state index is 0.350. The van der Waals surface area contributed by atoms with Gasteiger partial charge in [-0.25, -0.2) is 4.79 Å². The van der Waals surface area contributed by atoms with Gasteiger partial charge in [-0.05, 0) is 39.0 Å². The number of alkyl halides is 1. The fraction of sp³-hybridized carbons (Fsp3) is 0.500. The van der Waals surface area contributed by atoms with E-state index in [1.807, 2.05) is 0 Å².